The molecule has 0 aliphatic heterocycles. The number of aliphatic carboxylic acids is 1. The van der Waals surface area contributed by atoms with Crippen molar-refractivity contribution in [1.82, 2.24) is 5.32 Å². The minimum Gasteiger partial charge on any atom is -0.480 e. The highest BCUT2D eigenvalue weighted by Gasteiger charge is 2.73. The summed E-state index contributed by atoms with van der Waals surface area (Å²) in [6, 6.07) is 3.49. The topological polar surface area (TPSA) is 75.6 Å². The van der Waals surface area contributed by atoms with Crippen LogP contribution >= 0.6 is 11.6 Å². The molecule has 136 valence electrons. The van der Waals surface area contributed by atoms with Crippen LogP contribution in [0.2, 0.25) is 5.02 Å². The molecule has 4 rings (SSSR count). The normalized spacial score (nSPS) is 28.4. The molecule has 0 aromatic heterocycles. The van der Waals surface area contributed by atoms with Crippen LogP contribution < -0.4 is 5.32 Å². The monoisotopic (exact) mass is 369 g/mol. The first-order chi connectivity index (χ1) is 11.5. The SMILES string of the molecule is CC(C)(C)OC(=O)NC(C(=O)O)C12CC(c3c(F)cccc3Cl)(C1)C2. The van der Waals surface area contributed by atoms with E-state index in [1.54, 1.807) is 32.9 Å². The molecule has 0 saturated heterocycles. The Morgan fingerprint density at radius 3 is 2.40 bits per heavy atom. The predicted octanol–water partition coefficient (Wildman–Crippen LogP) is 3.88. The molecule has 25 heavy (non-hydrogen) atoms. The molecule has 5 nitrogen and oxygen atoms in total. The molecule has 1 aromatic carbocycles. The Kier molecular flexibility index (Phi) is 4.02. The summed E-state index contributed by atoms with van der Waals surface area (Å²) in [5, 5.41) is 12.4. The van der Waals surface area contributed by atoms with E-state index in [9.17, 15) is 19.1 Å². The van der Waals surface area contributed by atoms with Crippen molar-refractivity contribution in [3.63, 3.8) is 0 Å². The van der Waals surface area contributed by atoms with Gasteiger partial charge < -0.3 is 15.2 Å². The van der Waals surface area contributed by atoms with Crippen molar-refractivity contribution in [3.8, 4) is 0 Å². The van der Waals surface area contributed by atoms with Crippen LogP contribution in [0.4, 0.5) is 9.18 Å². The predicted molar refractivity (Wildman–Crippen MR) is 90.2 cm³/mol. The largest absolute Gasteiger partial charge is 0.480 e. The fourth-order valence-electron chi connectivity index (χ4n) is 4.34. The highest BCUT2D eigenvalue weighted by Crippen LogP contribution is 2.75. The van der Waals surface area contributed by atoms with Crippen LogP contribution in [-0.4, -0.2) is 28.8 Å². The van der Waals surface area contributed by atoms with E-state index in [-0.39, 0.29) is 5.82 Å². The molecular weight excluding hydrogens is 349 g/mol. The Morgan fingerprint density at radius 2 is 1.92 bits per heavy atom. The van der Waals surface area contributed by atoms with Gasteiger partial charge in [-0.15, -0.1) is 0 Å². The Labute approximate surface area is 150 Å². The van der Waals surface area contributed by atoms with Gasteiger partial charge in [0.2, 0.25) is 0 Å². The molecule has 3 fully saturated rings. The van der Waals surface area contributed by atoms with Crippen LogP contribution in [0, 0.1) is 11.2 Å². The summed E-state index contributed by atoms with van der Waals surface area (Å²) in [5.74, 6) is -1.48. The number of carbonyl (C=O) groups excluding carboxylic acids is 1. The lowest BCUT2D eigenvalue weighted by atomic mass is 9.31. The third kappa shape index (κ3) is 2.97. The third-order valence-corrected chi connectivity index (χ3v) is 5.40. The average molecular weight is 370 g/mol. The van der Waals surface area contributed by atoms with E-state index >= 15 is 0 Å². The van der Waals surface area contributed by atoms with Crippen molar-refractivity contribution in [1.29, 1.82) is 0 Å². The molecule has 2 bridgehead atoms. The number of carboxylic acid groups (broad SMARTS) is 1. The summed E-state index contributed by atoms with van der Waals surface area (Å²) in [6.07, 6.45) is 0.677. The number of hydrogen-bond acceptors (Lipinski definition) is 3. The maximum Gasteiger partial charge on any atom is 0.408 e. The quantitative estimate of drug-likeness (QED) is 0.844. The number of rotatable bonds is 4. The van der Waals surface area contributed by atoms with Crippen molar-refractivity contribution < 1.29 is 23.8 Å². The second-order valence-corrected chi connectivity index (χ2v) is 8.59. The van der Waals surface area contributed by atoms with Gasteiger partial charge in [-0.2, -0.15) is 0 Å². The molecule has 1 amide bonds. The number of amides is 1. The zero-order valence-corrected chi connectivity index (χ0v) is 15.1. The molecule has 0 radical (unpaired) electrons. The summed E-state index contributed by atoms with van der Waals surface area (Å²) in [4.78, 5) is 23.6. The van der Waals surface area contributed by atoms with Crippen LogP contribution in [0.3, 0.4) is 0 Å². The van der Waals surface area contributed by atoms with E-state index in [1.807, 2.05) is 0 Å². The summed E-state index contributed by atoms with van der Waals surface area (Å²) < 4.78 is 19.3. The van der Waals surface area contributed by atoms with Gasteiger partial charge >= 0.3 is 12.1 Å². The lowest BCUT2D eigenvalue weighted by molar-refractivity contribution is -0.184. The number of halogens is 2. The van der Waals surface area contributed by atoms with Crippen molar-refractivity contribution >= 4 is 23.7 Å². The van der Waals surface area contributed by atoms with Crippen molar-refractivity contribution in [2.75, 3.05) is 0 Å². The zero-order valence-electron chi connectivity index (χ0n) is 14.4. The summed E-state index contributed by atoms with van der Waals surface area (Å²) in [5.41, 5.74) is -1.26. The van der Waals surface area contributed by atoms with Crippen LogP contribution in [0.1, 0.15) is 45.6 Å². The van der Waals surface area contributed by atoms with Crippen LogP contribution in [0.15, 0.2) is 18.2 Å². The highest BCUT2D eigenvalue weighted by atomic mass is 35.5. The minimum absolute atomic E-state index is 0.361. The van der Waals surface area contributed by atoms with Crippen molar-refractivity contribution in [2.24, 2.45) is 5.41 Å². The summed E-state index contributed by atoms with van der Waals surface area (Å²) in [6.45, 7) is 5.12. The molecule has 0 heterocycles. The second-order valence-electron chi connectivity index (χ2n) is 8.19. The fraction of sp³-hybridized carbons (Fsp3) is 0.556. The fourth-order valence-corrected chi connectivity index (χ4v) is 4.71. The van der Waals surface area contributed by atoms with Gasteiger partial charge in [0.15, 0.2) is 0 Å². The van der Waals surface area contributed by atoms with E-state index in [0.717, 1.165) is 0 Å². The van der Waals surface area contributed by atoms with E-state index in [0.29, 0.717) is 29.8 Å². The second kappa shape index (κ2) is 5.59. The molecule has 3 aliphatic carbocycles. The van der Waals surface area contributed by atoms with E-state index < -0.39 is 34.5 Å². The maximum atomic E-state index is 14.2. The first-order valence-electron chi connectivity index (χ1n) is 8.15. The molecule has 0 spiro atoms. The minimum atomic E-state index is -1.11. The Morgan fingerprint density at radius 1 is 1.32 bits per heavy atom. The van der Waals surface area contributed by atoms with Crippen molar-refractivity contribution in [3.05, 3.63) is 34.6 Å². The molecule has 1 atom stereocenters. The van der Waals surface area contributed by atoms with E-state index in [4.69, 9.17) is 16.3 Å². The molecule has 2 N–H and O–H groups in total. The van der Waals surface area contributed by atoms with Gasteiger partial charge in [0, 0.05) is 21.4 Å². The zero-order chi connectivity index (χ0) is 18.6. The van der Waals surface area contributed by atoms with Gasteiger partial charge in [0.25, 0.3) is 0 Å². The summed E-state index contributed by atoms with van der Waals surface area (Å²) in [7, 11) is 0. The number of benzene rings is 1. The lowest BCUT2D eigenvalue weighted by Gasteiger charge is -2.72. The van der Waals surface area contributed by atoms with E-state index in [1.165, 1.54) is 6.07 Å². The van der Waals surface area contributed by atoms with Crippen LogP contribution in [0.5, 0.6) is 0 Å². The van der Waals surface area contributed by atoms with E-state index in [2.05, 4.69) is 5.32 Å². The van der Waals surface area contributed by atoms with Gasteiger partial charge in [-0.05, 0) is 52.2 Å². The summed E-state index contributed by atoms with van der Waals surface area (Å²) >= 11 is 6.15. The molecule has 3 aliphatic rings. The number of ether oxygens (including phenoxy) is 1. The molecule has 1 unspecified atom stereocenters. The molecule has 7 heteroatoms. The van der Waals surface area contributed by atoms with Crippen LogP contribution in [-0.2, 0) is 14.9 Å². The van der Waals surface area contributed by atoms with Gasteiger partial charge in [-0.25, -0.2) is 14.0 Å². The molecule has 1 aromatic rings. The van der Waals surface area contributed by atoms with Gasteiger partial charge in [-0.3, -0.25) is 0 Å². The van der Waals surface area contributed by atoms with Gasteiger partial charge in [0.05, 0.1) is 0 Å². The average Bonchev–Trinajstić information content (AvgIpc) is 2.35. The number of carbonyl (C=O) groups is 2. The van der Waals surface area contributed by atoms with Crippen molar-refractivity contribution in [2.45, 2.75) is 57.1 Å². The molecular formula is C18H21ClFNO4. The number of carboxylic acids is 1. The number of nitrogens with one attached hydrogen (secondary N) is 1. The Hall–Kier alpha value is -1.82. The first-order valence-corrected chi connectivity index (χ1v) is 8.53. The maximum absolute atomic E-state index is 14.2. The standard InChI is InChI=1S/C18H21ClFNO4/c1-16(2,3)25-15(24)21-13(14(22)23)18-7-17(8-18,9-18)12-10(19)5-4-6-11(12)20/h4-6,13H,7-9H2,1-3H3,(H,21,24)(H,22,23). The third-order valence-electron chi connectivity index (χ3n) is 5.08. The lowest BCUT2D eigenvalue weighted by Crippen LogP contribution is -2.73. The smallest absolute Gasteiger partial charge is 0.408 e. The number of hydrogen-bond donors (Lipinski definition) is 2. The Balaban J connectivity index is 1.74. The van der Waals surface area contributed by atoms with Gasteiger partial charge in [0.1, 0.15) is 17.5 Å². The molecule has 3 saturated carbocycles. The first kappa shape index (κ1) is 18.0. The van der Waals surface area contributed by atoms with Gasteiger partial charge in [-0.1, -0.05) is 17.7 Å². The highest BCUT2D eigenvalue weighted by molar-refractivity contribution is 6.31. The number of alkyl carbamates (subject to hydrolysis) is 1. The van der Waals surface area contributed by atoms with Crippen LogP contribution in [0.25, 0.3) is 0 Å². The Bertz CT molecular complexity index is 703.